The number of ether oxygens (including phenoxy) is 1. The molecule has 9 nitrogen and oxygen atoms in total. The predicted octanol–water partition coefficient (Wildman–Crippen LogP) is 4.69. The Balaban J connectivity index is 1.28. The van der Waals surface area contributed by atoms with Crippen molar-refractivity contribution < 1.29 is 27.5 Å². The number of pyridine rings is 2. The zero-order valence-corrected chi connectivity index (χ0v) is 18.7. The number of hydrogen-bond donors (Lipinski definition) is 2. The van der Waals surface area contributed by atoms with Gasteiger partial charge in [-0.25, -0.2) is 9.78 Å². The Bertz CT molecular complexity index is 1190. The maximum absolute atomic E-state index is 12.8. The molecular formula is C23H23F3N6O3. The average Bonchev–Trinajstić information content (AvgIpc) is 3.26. The van der Waals surface area contributed by atoms with Crippen LogP contribution in [0.15, 0.2) is 49.1 Å². The van der Waals surface area contributed by atoms with Gasteiger partial charge in [-0.1, -0.05) is 0 Å². The van der Waals surface area contributed by atoms with Gasteiger partial charge in [0.15, 0.2) is 0 Å². The third kappa shape index (κ3) is 6.34. The van der Waals surface area contributed by atoms with Gasteiger partial charge in [-0.15, -0.1) is 0 Å². The van der Waals surface area contributed by atoms with Crippen LogP contribution in [0.1, 0.15) is 25.7 Å². The summed E-state index contributed by atoms with van der Waals surface area (Å²) < 4.78 is 45.8. The fourth-order valence-electron chi connectivity index (χ4n) is 3.88. The van der Waals surface area contributed by atoms with Crippen molar-refractivity contribution in [2.24, 2.45) is 18.9 Å². The second kappa shape index (κ2) is 10.1. The van der Waals surface area contributed by atoms with Crippen molar-refractivity contribution in [1.29, 1.82) is 0 Å². The van der Waals surface area contributed by atoms with Gasteiger partial charge in [0.05, 0.1) is 24.0 Å². The van der Waals surface area contributed by atoms with Gasteiger partial charge < -0.3 is 4.74 Å². The van der Waals surface area contributed by atoms with Crippen LogP contribution >= 0.6 is 0 Å². The van der Waals surface area contributed by atoms with Gasteiger partial charge in [-0.3, -0.25) is 25.1 Å². The fraction of sp³-hybridized carbons (Fsp3) is 0.348. The monoisotopic (exact) mass is 488 g/mol. The molecule has 4 rings (SSSR count). The minimum absolute atomic E-state index is 0.0884. The van der Waals surface area contributed by atoms with Crippen molar-refractivity contribution in [1.82, 2.24) is 25.1 Å². The van der Waals surface area contributed by atoms with E-state index in [9.17, 15) is 22.8 Å². The normalized spacial score (nSPS) is 18.1. The molecule has 0 radical (unpaired) electrons. The second-order valence-corrected chi connectivity index (χ2v) is 8.29. The summed E-state index contributed by atoms with van der Waals surface area (Å²) in [7, 11) is 1.81. The van der Waals surface area contributed by atoms with Gasteiger partial charge in [0.1, 0.15) is 17.3 Å². The number of carbonyl (C=O) groups is 2. The Morgan fingerprint density at radius 1 is 1.06 bits per heavy atom. The number of amides is 3. The summed E-state index contributed by atoms with van der Waals surface area (Å²) in [6.07, 6.45) is 2.23. The zero-order chi connectivity index (χ0) is 25.0. The maximum atomic E-state index is 12.8. The summed E-state index contributed by atoms with van der Waals surface area (Å²) in [6, 6.07) is 5.73. The van der Waals surface area contributed by atoms with Crippen molar-refractivity contribution in [3.05, 3.63) is 49.1 Å². The van der Waals surface area contributed by atoms with E-state index in [1.165, 1.54) is 12.3 Å². The molecule has 1 saturated carbocycles. The highest BCUT2D eigenvalue weighted by Gasteiger charge is 2.42. The molecule has 2 N–H and O–H groups in total. The standard InChI is InChI=1S/C23H23F3N6O3/c1-32-13-15(11-29-32)19-10-17(8-9-27-19)35-18-6-7-20(28-12-18)30-22(34)31-21(33)14-2-4-16(5-3-14)23(24,25)26/h6-14,16H,2-5H2,1H3,(H2,28,30,31,33,34). The molecular weight excluding hydrogens is 465 g/mol. The van der Waals surface area contributed by atoms with Gasteiger partial charge in [0, 0.05) is 37.0 Å². The number of rotatable bonds is 5. The molecule has 3 aromatic rings. The number of aryl methyl sites for hydroxylation is 1. The third-order valence-electron chi connectivity index (χ3n) is 5.74. The first-order valence-electron chi connectivity index (χ1n) is 10.9. The van der Waals surface area contributed by atoms with E-state index in [0.29, 0.717) is 17.2 Å². The number of alkyl halides is 3. The van der Waals surface area contributed by atoms with Crippen LogP contribution in [0.5, 0.6) is 11.5 Å². The van der Waals surface area contributed by atoms with E-state index in [1.807, 2.05) is 13.2 Å². The highest BCUT2D eigenvalue weighted by Crippen LogP contribution is 2.39. The summed E-state index contributed by atoms with van der Waals surface area (Å²) in [5.74, 6) is -1.49. The van der Waals surface area contributed by atoms with Gasteiger partial charge in [-0.2, -0.15) is 18.3 Å². The quantitative estimate of drug-likeness (QED) is 0.539. The minimum atomic E-state index is -4.25. The van der Waals surface area contributed by atoms with Crippen molar-refractivity contribution >= 4 is 17.8 Å². The average molecular weight is 488 g/mol. The molecule has 1 aliphatic carbocycles. The Labute approximate surface area is 198 Å². The van der Waals surface area contributed by atoms with Crippen LogP contribution < -0.4 is 15.4 Å². The van der Waals surface area contributed by atoms with E-state index in [0.717, 1.165) is 5.56 Å². The first-order valence-corrected chi connectivity index (χ1v) is 10.9. The second-order valence-electron chi connectivity index (χ2n) is 8.29. The third-order valence-corrected chi connectivity index (χ3v) is 5.74. The van der Waals surface area contributed by atoms with E-state index in [2.05, 4.69) is 25.7 Å². The van der Waals surface area contributed by atoms with Crippen LogP contribution in [0.2, 0.25) is 0 Å². The number of anilines is 1. The molecule has 0 aliphatic heterocycles. The van der Waals surface area contributed by atoms with Crippen LogP contribution in [0.4, 0.5) is 23.8 Å². The minimum Gasteiger partial charge on any atom is -0.456 e. The topological polar surface area (TPSA) is 111 Å². The number of nitrogens with one attached hydrogen (secondary N) is 2. The molecule has 1 fully saturated rings. The largest absolute Gasteiger partial charge is 0.456 e. The molecule has 0 aromatic carbocycles. The van der Waals surface area contributed by atoms with Crippen molar-refractivity contribution in [3.63, 3.8) is 0 Å². The first kappa shape index (κ1) is 24.2. The molecule has 3 heterocycles. The molecule has 12 heteroatoms. The molecule has 0 bridgehead atoms. The predicted molar refractivity (Wildman–Crippen MR) is 119 cm³/mol. The van der Waals surface area contributed by atoms with Crippen LogP contribution in [0.3, 0.4) is 0 Å². The lowest BCUT2D eigenvalue weighted by atomic mass is 9.81. The van der Waals surface area contributed by atoms with Crippen LogP contribution in [-0.4, -0.2) is 37.9 Å². The molecule has 0 spiro atoms. The molecule has 3 amide bonds. The maximum Gasteiger partial charge on any atom is 0.391 e. The number of urea groups is 1. The summed E-state index contributed by atoms with van der Waals surface area (Å²) in [5.41, 5.74) is 1.53. The number of hydrogen-bond acceptors (Lipinski definition) is 6. The Hall–Kier alpha value is -3.96. The zero-order valence-electron chi connectivity index (χ0n) is 18.7. The van der Waals surface area contributed by atoms with Crippen molar-refractivity contribution in [2.75, 3.05) is 5.32 Å². The Kier molecular flexibility index (Phi) is 6.99. The molecule has 0 atom stereocenters. The van der Waals surface area contributed by atoms with E-state index in [4.69, 9.17) is 4.74 Å². The molecule has 35 heavy (non-hydrogen) atoms. The number of carbonyl (C=O) groups excluding carboxylic acids is 2. The Morgan fingerprint density at radius 3 is 2.46 bits per heavy atom. The van der Waals surface area contributed by atoms with Crippen LogP contribution in [0, 0.1) is 11.8 Å². The van der Waals surface area contributed by atoms with Crippen LogP contribution in [0.25, 0.3) is 11.3 Å². The smallest absolute Gasteiger partial charge is 0.391 e. The van der Waals surface area contributed by atoms with Crippen molar-refractivity contribution in [3.8, 4) is 22.8 Å². The van der Waals surface area contributed by atoms with E-state index >= 15 is 0 Å². The summed E-state index contributed by atoms with van der Waals surface area (Å²) in [6.45, 7) is 0. The molecule has 1 aliphatic rings. The van der Waals surface area contributed by atoms with E-state index in [-0.39, 0.29) is 31.5 Å². The van der Waals surface area contributed by atoms with Gasteiger partial charge >= 0.3 is 12.2 Å². The lowest BCUT2D eigenvalue weighted by molar-refractivity contribution is -0.184. The number of nitrogens with zero attached hydrogens (tertiary/aromatic N) is 4. The van der Waals surface area contributed by atoms with Gasteiger partial charge in [-0.05, 0) is 43.9 Å². The highest BCUT2D eigenvalue weighted by atomic mass is 19.4. The van der Waals surface area contributed by atoms with E-state index in [1.54, 1.807) is 35.3 Å². The molecule has 0 unspecified atom stereocenters. The first-order chi connectivity index (χ1) is 16.7. The fourth-order valence-corrected chi connectivity index (χ4v) is 3.88. The van der Waals surface area contributed by atoms with Gasteiger partial charge in [0.2, 0.25) is 5.91 Å². The van der Waals surface area contributed by atoms with Crippen molar-refractivity contribution in [2.45, 2.75) is 31.9 Å². The summed E-state index contributed by atoms with van der Waals surface area (Å²) >= 11 is 0. The van der Waals surface area contributed by atoms with Gasteiger partial charge in [0.25, 0.3) is 0 Å². The molecule has 3 aromatic heterocycles. The molecule has 184 valence electrons. The SMILES string of the molecule is Cn1cc(-c2cc(Oc3ccc(NC(=O)NC(=O)C4CCC(C(F)(F)F)CC4)nc3)ccn2)cn1. The number of halogens is 3. The summed E-state index contributed by atoms with van der Waals surface area (Å²) in [4.78, 5) is 32.8. The van der Waals surface area contributed by atoms with Crippen LogP contribution in [-0.2, 0) is 11.8 Å². The molecule has 0 saturated heterocycles. The Morgan fingerprint density at radius 2 is 1.83 bits per heavy atom. The lowest BCUT2D eigenvalue weighted by Crippen LogP contribution is -2.40. The lowest BCUT2D eigenvalue weighted by Gasteiger charge is -2.28. The number of imide groups is 1. The summed E-state index contributed by atoms with van der Waals surface area (Å²) in [5, 5.41) is 8.73. The van der Waals surface area contributed by atoms with E-state index < -0.39 is 30.0 Å². The highest BCUT2D eigenvalue weighted by molar-refractivity contribution is 6.01. The number of aromatic nitrogens is 4.